The van der Waals surface area contributed by atoms with E-state index < -0.39 is 0 Å². The third-order valence-corrected chi connectivity index (χ3v) is 29.8. The van der Waals surface area contributed by atoms with Gasteiger partial charge in [0.05, 0.1) is 79.2 Å². The van der Waals surface area contributed by atoms with E-state index in [1.165, 1.54) is 18.5 Å². The number of aromatic nitrogens is 8. The van der Waals surface area contributed by atoms with E-state index in [2.05, 4.69) is 144 Å². The van der Waals surface area contributed by atoms with Crippen molar-refractivity contribution in [3.8, 4) is 5.88 Å². The molecule has 10 heterocycles. The van der Waals surface area contributed by atoms with Gasteiger partial charge < -0.3 is 85.0 Å². The molecule has 2 saturated heterocycles. The predicted octanol–water partition coefficient (Wildman–Crippen LogP) is 22.9. The Hall–Kier alpha value is -8.96. The maximum Gasteiger partial charge on any atom is 0.254 e. The number of anilines is 2. The molecule has 16 rings (SSSR count). The molecule has 8 fully saturated rings. The normalized spacial score (nSPS) is 23.3. The Morgan fingerprint density at radius 1 is 0.324 bits per heavy atom. The van der Waals surface area contributed by atoms with E-state index in [0.717, 1.165) is 250 Å². The van der Waals surface area contributed by atoms with E-state index in [9.17, 15) is 28.8 Å². The SMILES string of the molecule is COC1CCC(Oc2ncccc2NC(C)C)CC1.CO[C@H]1CCCC[C@H]1n1cccc(CC(C)C)c1=O.CO[C@H]1CCC[C@@H](n2cccc(CC(C)C)c2=O)C1.CO[C@H]1CCC[C@@H]1n1cccc(CC(C)C)c1=O.CO[C@H]1CCC[C@H](n2cccc(CC(C)C)c2=O)C1.CO[C@H]1CCC[C@H]1n1cccc(CC(C)C)c1=O.CO[C@H]1CCN(c2cccc(CC(C)C)n2)C1.CO[C@H]1COCC[C@H]1n1cccc(CC(C)C)c1=O. The standard InChI is InChI=1S/3C16H25NO2.C15H24N2O2.C15H23NO3.2C15H23NO2.C14H22N2O/c2*1-12(2)10-13-6-5-9-17(16(13)18)14-7-4-8-15(11-14)19-3;1-12(2)11-13-7-6-10-17(16(13)18)14-8-4-5-9-15(14)19-3;1-11(2)17-14-5-4-10-16-15(14)19-13-8-6-12(18-3)7-9-13;1-11(2)9-12-5-4-7-16(15(12)17)13-6-8-19-10-14(13)18-3;2*1-11(2)10-12-6-5-9-16(15(12)17)13-7-4-8-14(13)18-3;1-11(2)9-12-5-4-6-14(15-12)16-8-7-13(10-16)17-3/h2*5-6,9,12,14-15H,4,7-8,10-11H2,1-3H3;6-7,10,12,14-15H,4-5,8-9,11H2,1-3H3;4-5,10-13,17H,6-9H2,1-3H3;4-5,7,11,13-14H,6,8-10H2,1-3H3;2*5-6,9,11,13-14H,4,7-8,10H2,1-3H3;4-6,11,13H,7-10H2,1-3H3/t14-,15+;14-,15-;14-,15+;;2*13-,14+;13-,14-;13-/m101.1100/s1. The third kappa shape index (κ3) is 38.4. The van der Waals surface area contributed by atoms with Gasteiger partial charge in [0.2, 0.25) is 5.88 Å². The summed E-state index contributed by atoms with van der Waals surface area (Å²) >= 11 is 0. The van der Waals surface area contributed by atoms with Gasteiger partial charge in [0.15, 0.2) is 0 Å². The second kappa shape index (κ2) is 64.1. The second-order valence-electron chi connectivity index (χ2n) is 45.4. The molecule has 1 N–H and O–H groups in total. The van der Waals surface area contributed by atoms with E-state index >= 15 is 0 Å². The maximum atomic E-state index is 12.6. The van der Waals surface area contributed by atoms with Crippen molar-refractivity contribution in [2.75, 3.05) is 93.4 Å². The lowest BCUT2D eigenvalue weighted by molar-refractivity contribution is -0.0610. The average molecular weight is 2050 g/mol. The average Bonchev–Trinajstić information content (AvgIpc) is 1.75. The Bertz CT molecular complexity index is 5250. The van der Waals surface area contributed by atoms with Crippen molar-refractivity contribution in [3.05, 3.63) is 248 Å². The molecule has 13 atom stereocenters. The molecule has 0 amide bonds. The molecule has 0 bridgehead atoms. The van der Waals surface area contributed by atoms with Gasteiger partial charge in [0.1, 0.15) is 18.0 Å². The first-order chi connectivity index (χ1) is 71.1. The van der Waals surface area contributed by atoms with Crippen LogP contribution in [0.1, 0.15) is 340 Å². The van der Waals surface area contributed by atoms with E-state index in [4.69, 9.17) is 52.4 Å². The molecule has 8 aromatic rings. The Morgan fingerprint density at radius 2 is 0.669 bits per heavy atom. The van der Waals surface area contributed by atoms with Crippen molar-refractivity contribution < 1.29 is 47.4 Å². The Labute approximate surface area is 886 Å². The van der Waals surface area contributed by atoms with Gasteiger partial charge in [0.25, 0.3) is 33.4 Å². The summed E-state index contributed by atoms with van der Waals surface area (Å²) < 4.78 is 66.6. The van der Waals surface area contributed by atoms with Crippen molar-refractivity contribution in [2.24, 2.45) is 41.4 Å². The lowest BCUT2D eigenvalue weighted by Gasteiger charge is -2.32. The number of hydrogen-bond acceptors (Lipinski definition) is 20. The monoisotopic (exact) mass is 2050 g/mol. The molecular formula is C122H190N10O16. The fourth-order valence-corrected chi connectivity index (χ4v) is 22.4. The quantitative estimate of drug-likeness (QED) is 0.0400. The number of rotatable bonds is 33. The van der Waals surface area contributed by atoms with Crippen molar-refractivity contribution in [1.29, 1.82) is 0 Å². The van der Waals surface area contributed by atoms with Crippen LogP contribution in [-0.2, 0) is 87.6 Å². The number of pyridine rings is 8. The van der Waals surface area contributed by atoms with E-state index in [0.29, 0.717) is 97.2 Å². The van der Waals surface area contributed by atoms with Crippen molar-refractivity contribution >= 4 is 11.5 Å². The minimum absolute atomic E-state index is 0.0410. The highest BCUT2D eigenvalue weighted by Gasteiger charge is 2.35. The predicted molar refractivity (Wildman–Crippen MR) is 600 cm³/mol. The van der Waals surface area contributed by atoms with E-state index in [1.54, 1.807) is 63.1 Å². The van der Waals surface area contributed by atoms with Gasteiger partial charge in [-0.1, -0.05) is 152 Å². The van der Waals surface area contributed by atoms with Crippen molar-refractivity contribution in [2.45, 2.75) is 407 Å². The van der Waals surface area contributed by atoms with Crippen LogP contribution in [0, 0.1) is 41.4 Å². The molecule has 0 aromatic carbocycles. The number of methoxy groups -OCH3 is 8. The van der Waals surface area contributed by atoms with Crippen LogP contribution >= 0.6 is 0 Å². The summed E-state index contributed by atoms with van der Waals surface area (Å²) in [5.41, 5.74) is 8.73. The summed E-state index contributed by atoms with van der Waals surface area (Å²) in [6.07, 6.45) is 47.3. The molecule has 0 unspecified atom stereocenters. The van der Waals surface area contributed by atoms with Crippen LogP contribution in [0.25, 0.3) is 0 Å². The largest absolute Gasteiger partial charge is 0.473 e. The molecule has 0 radical (unpaired) electrons. The Morgan fingerprint density at radius 3 is 1.03 bits per heavy atom. The molecule has 6 saturated carbocycles. The number of nitrogens with one attached hydrogen (secondary N) is 1. The van der Waals surface area contributed by atoms with Crippen LogP contribution in [0.3, 0.4) is 0 Å². The highest BCUT2D eigenvalue weighted by Crippen LogP contribution is 2.37. The smallest absolute Gasteiger partial charge is 0.254 e. The van der Waals surface area contributed by atoms with Crippen LogP contribution in [0.2, 0.25) is 0 Å². The molecular weight excluding hydrogens is 1860 g/mol. The zero-order valence-corrected chi connectivity index (χ0v) is 94.9. The molecule has 8 aromatic heterocycles. The Balaban J connectivity index is 0.000000188. The van der Waals surface area contributed by atoms with Gasteiger partial charge in [-0.05, 0) is 302 Å². The van der Waals surface area contributed by atoms with Crippen LogP contribution < -0.4 is 48.3 Å². The van der Waals surface area contributed by atoms with Gasteiger partial charge >= 0.3 is 0 Å². The molecule has 6 aliphatic carbocycles. The molecule has 2 aliphatic heterocycles. The first-order valence-electron chi connectivity index (χ1n) is 56.2. The van der Waals surface area contributed by atoms with Gasteiger partial charge in [0, 0.05) is 177 Å². The fourth-order valence-electron chi connectivity index (χ4n) is 22.4. The molecule has 148 heavy (non-hydrogen) atoms. The van der Waals surface area contributed by atoms with Crippen LogP contribution in [0.15, 0.2) is 175 Å². The summed E-state index contributed by atoms with van der Waals surface area (Å²) in [5.74, 6) is 5.52. The molecule has 8 aliphatic rings. The first kappa shape index (κ1) is 123. The van der Waals surface area contributed by atoms with Crippen molar-refractivity contribution in [3.63, 3.8) is 0 Å². The van der Waals surface area contributed by atoms with Gasteiger partial charge in [-0.3, -0.25) is 28.8 Å². The van der Waals surface area contributed by atoms with Crippen LogP contribution in [0.5, 0.6) is 5.88 Å². The van der Waals surface area contributed by atoms with E-state index in [1.807, 2.05) is 150 Å². The van der Waals surface area contributed by atoms with Crippen molar-refractivity contribution in [1.82, 2.24) is 37.4 Å². The summed E-state index contributed by atoms with van der Waals surface area (Å²) in [6.45, 7) is 37.7. The molecule has 26 heteroatoms. The van der Waals surface area contributed by atoms with Crippen LogP contribution in [0.4, 0.5) is 11.5 Å². The summed E-state index contributed by atoms with van der Waals surface area (Å²) in [5, 5.41) is 3.37. The minimum atomic E-state index is -0.0410. The van der Waals surface area contributed by atoms with Crippen LogP contribution in [-0.4, -0.2) is 182 Å². The Kier molecular flexibility index (Phi) is 53.1. The highest BCUT2D eigenvalue weighted by atomic mass is 16.5. The zero-order chi connectivity index (χ0) is 107. The maximum absolute atomic E-state index is 12.6. The molecule has 824 valence electrons. The molecule has 26 nitrogen and oxygen atoms in total. The van der Waals surface area contributed by atoms with E-state index in [-0.39, 0.29) is 88.0 Å². The van der Waals surface area contributed by atoms with Gasteiger partial charge in [-0.25, -0.2) is 9.97 Å². The first-order valence-corrected chi connectivity index (χ1v) is 56.2. The number of hydrogen-bond donors (Lipinski definition) is 1. The topological polar surface area (TPSA) is 265 Å². The number of ether oxygens (including phenoxy) is 10. The lowest BCUT2D eigenvalue weighted by Crippen LogP contribution is -2.40. The summed E-state index contributed by atoms with van der Waals surface area (Å²) in [6, 6.07) is 35.7. The lowest BCUT2D eigenvalue weighted by atomic mass is 9.92. The highest BCUT2D eigenvalue weighted by molar-refractivity contribution is 5.52. The summed E-state index contributed by atoms with van der Waals surface area (Å²) in [7, 11) is 14.0. The molecule has 0 spiro atoms. The number of nitrogens with zero attached hydrogens (tertiary/aromatic N) is 9. The third-order valence-electron chi connectivity index (χ3n) is 29.8. The minimum Gasteiger partial charge on any atom is -0.473 e. The fraction of sp³-hybridized carbons (Fsp3) is 0.672. The second-order valence-corrected chi connectivity index (χ2v) is 45.4. The summed E-state index contributed by atoms with van der Waals surface area (Å²) in [4.78, 5) is 86.5. The van der Waals surface area contributed by atoms with Gasteiger partial charge in [-0.2, -0.15) is 0 Å². The zero-order valence-electron chi connectivity index (χ0n) is 94.9. The van der Waals surface area contributed by atoms with Gasteiger partial charge in [-0.15, -0.1) is 0 Å².